The molecule has 96 valence electrons. The minimum absolute atomic E-state index is 0.382. The number of nitrogens with zero attached hydrogens (tertiary/aromatic N) is 2. The highest BCUT2D eigenvalue weighted by Gasteiger charge is 2.10. The standard InChI is InChI=1S/C12H13BrClN3O/c1-7(2)15-6-11-16-12(18-17-11)8-3-9(13)5-10(14)4-8/h3-5,7,15H,6H2,1-2H3. The summed E-state index contributed by atoms with van der Waals surface area (Å²) in [5.74, 6) is 1.11. The lowest BCUT2D eigenvalue weighted by molar-refractivity contribution is 0.417. The summed E-state index contributed by atoms with van der Waals surface area (Å²) in [5.41, 5.74) is 0.803. The quantitative estimate of drug-likeness (QED) is 0.929. The van der Waals surface area contributed by atoms with E-state index in [2.05, 4.69) is 45.2 Å². The molecule has 2 rings (SSSR count). The second-order valence-electron chi connectivity index (χ2n) is 4.21. The zero-order chi connectivity index (χ0) is 13.1. The average Bonchev–Trinajstić information content (AvgIpc) is 2.73. The summed E-state index contributed by atoms with van der Waals surface area (Å²) in [6, 6.07) is 5.87. The normalized spacial score (nSPS) is 11.2. The lowest BCUT2D eigenvalue weighted by atomic mass is 10.2. The van der Waals surface area contributed by atoms with Crippen LogP contribution < -0.4 is 5.32 Å². The Morgan fingerprint density at radius 2 is 2.17 bits per heavy atom. The van der Waals surface area contributed by atoms with Gasteiger partial charge in [-0.25, -0.2) is 0 Å². The smallest absolute Gasteiger partial charge is 0.258 e. The molecule has 0 fully saturated rings. The Labute approximate surface area is 119 Å². The second-order valence-corrected chi connectivity index (χ2v) is 5.56. The van der Waals surface area contributed by atoms with Crippen molar-refractivity contribution in [2.24, 2.45) is 0 Å². The van der Waals surface area contributed by atoms with Crippen molar-refractivity contribution in [2.75, 3.05) is 0 Å². The summed E-state index contributed by atoms with van der Waals surface area (Å²) in [7, 11) is 0. The zero-order valence-electron chi connectivity index (χ0n) is 10.1. The molecule has 0 aliphatic carbocycles. The van der Waals surface area contributed by atoms with Gasteiger partial charge in [-0.2, -0.15) is 4.98 Å². The molecular weight excluding hydrogens is 318 g/mol. The predicted octanol–water partition coefficient (Wildman–Crippen LogP) is 3.65. The number of hydrogen-bond acceptors (Lipinski definition) is 4. The lowest BCUT2D eigenvalue weighted by Gasteiger charge is -2.03. The van der Waals surface area contributed by atoms with E-state index in [0.29, 0.717) is 29.3 Å². The Hall–Kier alpha value is -0.910. The molecule has 1 aromatic carbocycles. The predicted molar refractivity (Wildman–Crippen MR) is 74.4 cm³/mol. The van der Waals surface area contributed by atoms with Gasteiger partial charge in [0.25, 0.3) is 5.89 Å². The van der Waals surface area contributed by atoms with Crippen molar-refractivity contribution < 1.29 is 4.52 Å². The third-order valence-electron chi connectivity index (χ3n) is 2.25. The van der Waals surface area contributed by atoms with Gasteiger partial charge in [0.2, 0.25) is 0 Å². The van der Waals surface area contributed by atoms with Gasteiger partial charge in [-0.3, -0.25) is 0 Å². The van der Waals surface area contributed by atoms with Gasteiger partial charge in [0.1, 0.15) is 0 Å². The molecule has 1 aromatic heterocycles. The molecule has 18 heavy (non-hydrogen) atoms. The van der Waals surface area contributed by atoms with E-state index >= 15 is 0 Å². The van der Waals surface area contributed by atoms with Gasteiger partial charge in [0, 0.05) is 21.1 Å². The third kappa shape index (κ3) is 3.54. The molecular formula is C12H13BrClN3O. The highest BCUT2D eigenvalue weighted by Crippen LogP contribution is 2.26. The fraction of sp³-hybridized carbons (Fsp3) is 0.333. The Morgan fingerprint density at radius 3 is 2.83 bits per heavy atom. The lowest BCUT2D eigenvalue weighted by Crippen LogP contribution is -2.22. The van der Waals surface area contributed by atoms with Crippen LogP contribution in [0.2, 0.25) is 5.02 Å². The fourth-order valence-electron chi connectivity index (χ4n) is 1.42. The SMILES string of the molecule is CC(C)NCc1noc(-c2cc(Cl)cc(Br)c2)n1. The van der Waals surface area contributed by atoms with Gasteiger partial charge in [-0.05, 0) is 18.2 Å². The second kappa shape index (κ2) is 5.82. The first kappa shape index (κ1) is 13.5. The van der Waals surface area contributed by atoms with Crippen molar-refractivity contribution in [3.05, 3.63) is 33.5 Å². The van der Waals surface area contributed by atoms with Crippen LogP contribution >= 0.6 is 27.5 Å². The zero-order valence-corrected chi connectivity index (χ0v) is 12.4. The molecule has 4 nitrogen and oxygen atoms in total. The number of benzene rings is 1. The average molecular weight is 331 g/mol. The largest absolute Gasteiger partial charge is 0.334 e. The van der Waals surface area contributed by atoms with Gasteiger partial charge in [-0.15, -0.1) is 0 Å². The molecule has 0 aliphatic rings. The first-order chi connectivity index (χ1) is 8.54. The molecule has 6 heteroatoms. The molecule has 0 amide bonds. The Bertz CT molecular complexity index is 522. The van der Waals surface area contributed by atoms with Gasteiger partial charge in [0.15, 0.2) is 5.82 Å². The molecule has 0 aliphatic heterocycles. The molecule has 0 atom stereocenters. The van der Waals surface area contributed by atoms with E-state index in [1.165, 1.54) is 0 Å². The summed E-state index contributed by atoms with van der Waals surface area (Å²) in [5, 5.41) is 7.77. The van der Waals surface area contributed by atoms with Crippen LogP contribution in [0.5, 0.6) is 0 Å². The molecule has 2 aromatic rings. The van der Waals surface area contributed by atoms with Crippen molar-refractivity contribution in [2.45, 2.75) is 26.4 Å². The van der Waals surface area contributed by atoms with Gasteiger partial charge in [0.05, 0.1) is 6.54 Å². The monoisotopic (exact) mass is 329 g/mol. The fourth-order valence-corrected chi connectivity index (χ4v) is 2.28. The maximum absolute atomic E-state index is 5.98. The molecule has 0 radical (unpaired) electrons. The number of nitrogens with one attached hydrogen (secondary N) is 1. The molecule has 0 bridgehead atoms. The van der Waals surface area contributed by atoms with Crippen molar-refractivity contribution in [1.82, 2.24) is 15.5 Å². The van der Waals surface area contributed by atoms with E-state index in [9.17, 15) is 0 Å². The van der Waals surface area contributed by atoms with Crippen molar-refractivity contribution in [3.63, 3.8) is 0 Å². The van der Waals surface area contributed by atoms with E-state index in [-0.39, 0.29) is 0 Å². The highest BCUT2D eigenvalue weighted by atomic mass is 79.9. The summed E-state index contributed by atoms with van der Waals surface area (Å²) >= 11 is 9.36. The van der Waals surface area contributed by atoms with E-state index in [0.717, 1.165) is 10.0 Å². The van der Waals surface area contributed by atoms with Gasteiger partial charge in [-0.1, -0.05) is 46.5 Å². The Morgan fingerprint density at radius 1 is 1.39 bits per heavy atom. The van der Waals surface area contributed by atoms with Crippen LogP contribution in [0.1, 0.15) is 19.7 Å². The van der Waals surface area contributed by atoms with Gasteiger partial charge < -0.3 is 9.84 Å². The number of aromatic nitrogens is 2. The third-order valence-corrected chi connectivity index (χ3v) is 2.92. The molecule has 1 heterocycles. The Balaban J connectivity index is 2.18. The molecule has 0 unspecified atom stereocenters. The van der Waals surface area contributed by atoms with E-state index in [1.54, 1.807) is 6.07 Å². The van der Waals surface area contributed by atoms with Crippen molar-refractivity contribution in [3.8, 4) is 11.5 Å². The summed E-state index contributed by atoms with van der Waals surface area (Å²) in [6.07, 6.45) is 0. The van der Waals surface area contributed by atoms with Crippen LogP contribution in [0, 0.1) is 0 Å². The van der Waals surface area contributed by atoms with Gasteiger partial charge >= 0.3 is 0 Å². The minimum atomic E-state index is 0.382. The number of hydrogen-bond donors (Lipinski definition) is 1. The number of rotatable bonds is 4. The van der Waals surface area contributed by atoms with E-state index in [4.69, 9.17) is 16.1 Å². The van der Waals surface area contributed by atoms with Crippen molar-refractivity contribution in [1.29, 1.82) is 0 Å². The maximum Gasteiger partial charge on any atom is 0.258 e. The molecule has 0 spiro atoms. The minimum Gasteiger partial charge on any atom is -0.334 e. The van der Waals surface area contributed by atoms with Crippen molar-refractivity contribution >= 4 is 27.5 Å². The molecule has 0 saturated carbocycles. The first-order valence-corrected chi connectivity index (χ1v) is 6.74. The number of halogens is 2. The first-order valence-electron chi connectivity index (χ1n) is 5.57. The van der Waals surface area contributed by atoms with Crippen LogP contribution in [0.15, 0.2) is 27.2 Å². The van der Waals surface area contributed by atoms with Crippen LogP contribution in [0.25, 0.3) is 11.5 Å². The summed E-state index contributed by atoms with van der Waals surface area (Å²) in [6.45, 7) is 4.72. The molecule has 0 saturated heterocycles. The highest BCUT2D eigenvalue weighted by molar-refractivity contribution is 9.10. The van der Waals surface area contributed by atoms with E-state index < -0.39 is 0 Å². The van der Waals surface area contributed by atoms with Crippen LogP contribution in [0.4, 0.5) is 0 Å². The maximum atomic E-state index is 5.98. The molecule has 1 N–H and O–H groups in total. The topological polar surface area (TPSA) is 51.0 Å². The van der Waals surface area contributed by atoms with E-state index in [1.807, 2.05) is 12.1 Å². The Kier molecular flexibility index (Phi) is 4.37. The van der Waals surface area contributed by atoms with Crippen LogP contribution in [-0.4, -0.2) is 16.2 Å². The summed E-state index contributed by atoms with van der Waals surface area (Å²) in [4.78, 5) is 4.31. The summed E-state index contributed by atoms with van der Waals surface area (Å²) < 4.78 is 6.09. The van der Waals surface area contributed by atoms with Crippen LogP contribution in [0.3, 0.4) is 0 Å². The van der Waals surface area contributed by atoms with Crippen LogP contribution in [-0.2, 0) is 6.54 Å².